The van der Waals surface area contributed by atoms with Gasteiger partial charge < -0.3 is 9.64 Å². The second-order valence-electron chi connectivity index (χ2n) is 8.10. The first-order valence-corrected chi connectivity index (χ1v) is 11.1. The molecule has 1 amide bonds. The molecule has 0 bridgehead atoms. The summed E-state index contributed by atoms with van der Waals surface area (Å²) in [4.78, 5) is 14.5. The molecular formula is C21H25ClN2O4S. The van der Waals surface area contributed by atoms with Crippen molar-refractivity contribution < 1.29 is 17.9 Å². The Bertz CT molecular complexity index is 1060. The lowest BCUT2D eigenvalue weighted by Gasteiger charge is -2.22. The zero-order chi connectivity index (χ0) is 21.6. The summed E-state index contributed by atoms with van der Waals surface area (Å²) in [5, 5.41) is 0.311. The third-order valence-corrected chi connectivity index (χ3v) is 6.69. The zero-order valence-electron chi connectivity index (χ0n) is 17.1. The van der Waals surface area contributed by atoms with Gasteiger partial charge in [0.2, 0.25) is 5.91 Å². The van der Waals surface area contributed by atoms with Crippen molar-refractivity contribution >= 4 is 38.9 Å². The number of benzene rings is 2. The lowest BCUT2D eigenvalue weighted by molar-refractivity contribution is -0.121. The first-order valence-electron chi connectivity index (χ1n) is 9.28. The number of sulfonamides is 1. The Labute approximate surface area is 176 Å². The van der Waals surface area contributed by atoms with E-state index in [1.165, 1.54) is 19.2 Å². The quantitative estimate of drug-likeness (QED) is 0.752. The van der Waals surface area contributed by atoms with Gasteiger partial charge in [0, 0.05) is 23.6 Å². The Morgan fingerprint density at radius 2 is 1.90 bits per heavy atom. The van der Waals surface area contributed by atoms with Crippen LogP contribution in [-0.2, 0) is 20.2 Å². The van der Waals surface area contributed by atoms with Crippen LogP contribution in [0.5, 0.6) is 5.75 Å². The SMILES string of the molecule is COc1ccc(NS(=O)(=O)c2ccc3c(c2)C(C)(C)CN3C(=O)C(C)C)cc1Cl. The number of amides is 1. The summed E-state index contributed by atoms with van der Waals surface area (Å²) in [6, 6.07) is 9.56. The van der Waals surface area contributed by atoms with Crippen molar-refractivity contribution in [2.75, 3.05) is 23.3 Å². The molecule has 1 heterocycles. The van der Waals surface area contributed by atoms with E-state index in [1.54, 1.807) is 29.2 Å². The van der Waals surface area contributed by atoms with Gasteiger partial charge in [0.1, 0.15) is 5.75 Å². The molecule has 29 heavy (non-hydrogen) atoms. The van der Waals surface area contributed by atoms with Gasteiger partial charge in [0.05, 0.1) is 22.7 Å². The predicted octanol–water partition coefficient (Wildman–Crippen LogP) is 4.43. The predicted molar refractivity (Wildman–Crippen MR) is 115 cm³/mol. The average Bonchev–Trinajstić information content (AvgIpc) is 2.91. The topological polar surface area (TPSA) is 75.7 Å². The molecule has 0 fully saturated rings. The fraction of sp³-hybridized carbons (Fsp3) is 0.381. The number of halogens is 1. The Morgan fingerprint density at radius 3 is 2.48 bits per heavy atom. The van der Waals surface area contributed by atoms with Crippen molar-refractivity contribution in [3.8, 4) is 5.75 Å². The number of carbonyl (C=O) groups excluding carboxylic acids is 1. The molecule has 1 aliphatic heterocycles. The molecule has 0 atom stereocenters. The molecular weight excluding hydrogens is 412 g/mol. The fourth-order valence-corrected chi connectivity index (χ4v) is 4.81. The molecule has 0 saturated heterocycles. The van der Waals surface area contributed by atoms with Crippen LogP contribution in [0.3, 0.4) is 0 Å². The highest BCUT2D eigenvalue weighted by molar-refractivity contribution is 7.92. The molecule has 156 valence electrons. The average molecular weight is 437 g/mol. The van der Waals surface area contributed by atoms with E-state index in [-0.39, 0.29) is 22.1 Å². The van der Waals surface area contributed by atoms with Gasteiger partial charge in [-0.05, 0) is 42.0 Å². The third kappa shape index (κ3) is 4.07. The molecule has 2 aromatic rings. The first-order chi connectivity index (χ1) is 13.5. The fourth-order valence-electron chi connectivity index (χ4n) is 3.48. The summed E-state index contributed by atoms with van der Waals surface area (Å²) < 4.78 is 33.5. The lowest BCUT2D eigenvalue weighted by atomic mass is 9.87. The van der Waals surface area contributed by atoms with Crippen LogP contribution in [0, 0.1) is 5.92 Å². The van der Waals surface area contributed by atoms with Gasteiger partial charge in [-0.2, -0.15) is 0 Å². The minimum Gasteiger partial charge on any atom is -0.495 e. The van der Waals surface area contributed by atoms with Crippen LogP contribution >= 0.6 is 11.6 Å². The number of hydrogen-bond donors (Lipinski definition) is 1. The van der Waals surface area contributed by atoms with Crippen LogP contribution in [0.25, 0.3) is 0 Å². The zero-order valence-corrected chi connectivity index (χ0v) is 18.7. The van der Waals surface area contributed by atoms with Crippen LogP contribution in [0.15, 0.2) is 41.3 Å². The number of nitrogens with one attached hydrogen (secondary N) is 1. The van der Waals surface area contributed by atoms with E-state index in [0.29, 0.717) is 23.0 Å². The number of carbonyl (C=O) groups is 1. The van der Waals surface area contributed by atoms with E-state index in [2.05, 4.69) is 4.72 Å². The van der Waals surface area contributed by atoms with Crippen LogP contribution in [0.2, 0.25) is 5.02 Å². The number of nitrogens with zero attached hydrogens (tertiary/aromatic N) is 1. The molecule has 1 N–H and O–H groups in total. The van der Waals surface area contributed by atoms with Gasteiger partial charge in [-0.1, -0.05) is 39.3 Å². The van der Waals surface area contributed by atoms with Crippen LogP contribution in [0.1, 0.15) is 33.3 Å². The number of hydrogen-bond acceptors (Lipinski definition) is 4. The highest BCUT2D eigenvalue weighted by Gasteiger charge is 2.39. The normalized spacial score (nSPS) is 15.3. The monoisotopic (exact) mass is 436 g/mol. The molecule has 0 radical (unpaired) electrons. The van der Waals surface area contributed by atoms with Gasteiger partial charge in [0.25, 0.3) is 10.0 Å². The number of rotatable bonds is 5. The van der Waals surface area contributed by atoms with Crippen LogP contribution < -0.4 is 14.4 Å². The summed E-state index contributed by atoms with van der Waals surface area (Å²) >= 11 is 6.09. The van der Waals surface area contributed by atoms with Crippen molar-refractivity contribution in [3.05, 3.63) is 47.0 Å². The smallest absolute Gasteiger partial charge is 0.261 e. The summed E-state index contributed by atoms with van der Waals surface area (Å²) in [6.07, 6.45) is 0. The lowest BCUT2D eigenvalue weighted by Crippen LogP contribution is -2.36. The summed E-state index contributed by atoms with van der Waals surface area (Å²) in [7, 11) is -2.34. The minimum absolute atomic E-state index is 0.0263. The molecule has 3 rings (SSSR count). The maximum atomic E-state index is 12.9. The van der Waals surface area contributed by atoms with Gasteiger partial charge in [-0.3, -0.25) is 9.52 Å². The molecule has 0 unspecified atom stereocenters. The molecule has 0 saturated carbocycles. The van der Waals surface area contributed by atoms with Gasteiger partial charge in [-0.25, -0.2) is 8.42 Å². The highest BCUT2D eigenvalue weighted by atomic mass is 35.5. The summed E-state index contributed by atoms with van der Waals surface area (Å²) in [5.41, 5.74) is 1.59. The summed E-state index contributed by atoms with van der Waals surface area (Å²) in [6.45, 7) is 8.25. The molecule has 6 nitrogen and oxygen atoms in total. The number of methoxy groups -OCH3 is 1. The Morgan fingerprint density at radius 1 is 1.21 bits per heavy atom. The number of anilines is 2. The van der Waals surface area contributed by atoms with Crippen molar-refractivity contribution in [1.82, 2.24) is 0 Å². The first kappa shape index (κ1) is 21.5. The Hall–Kier alpha value is -2.25. The molecule has 0 aromatic heterocycles. The van der Waals surface area contributed by atoms with E-state index in [1.807, 2.05) is 27.7 Å². The maximum absolute atomic E-state index is 12.9. The van der Waals surface area contributed by atoms with Crippen molar-refractivity contribution in [2.45, 2.75) is 38.0 Å². The maximum Gasteiger partial charge on any atom is 0.261 e. The van der Waals surface area contributed by atoms with E-state index in [4.69, 9.17) is 16.3 Å². The van der Waals surface area contributed by atoms with Crippen molar-refractivity contribution in [2.24, 2.45) is 5.92 Å². The van der Waals surface area contributed by atoms with E-state index < -0.39 is 10.0 Å². The van der Waals surface area contributed by atoms with Crippen LogP contribution in [-0.4, -0.2) is 28.0 Å². The van der Waals surface area contributed by atoms with Crippen molar-refractivity contribution in [1.29, 1.82) is 0 Å². The van der Waals surface area contributed by atoms with Gasteiger partial charge in [0.15, 0.2) is 0 Å². The molecule has 8 heteroatoms. The minimum atomic E-state index is -3.83. The van der Waals surface area contributed by atoms with E-state index >= 15 is 0 Å². The van der Waals surface area contributed by atoms with Crippen LogP contribution in [0.4, 0.5) is 11.4 Å². The Balaban J connectivity index is 1.96. The van der Waals surface area contributed by atoms with E-state index in [0.717, 1.165) is 11.3 Å². The number of ether oxygens (including phenoxy) is 1. The second-order valence-corrected chi connectivity index (χ2v) is 10.2. The molecule has 1 aliphatic rings. The second kappa shape index (κ2) is 7.54. The molecule has 0 aliphatic carbocycles. The van der Waals surface area contributed by atoms with E-state index in [9.17, 15) is 13.2 Å². The van der Waals surface area contributed by atoms with Gasteiger partial charge in [-0.15, -0.1) is 0 Å². The Kier molecular flexibility index (Phi) is 5.58. The molecule has 0 spiro atoms. The number of fused-ring (bicyclic) bond motifs is 1. The highest BCUT2D eigenvalue weighted by Crippen LogP contribution is 2.42. The molecule has 2 aromatic carbocycles. The van der Waals surface area contributed by atoms with Crippen molar-refractivity contribution in [3.63, 3.8) is 0 Å². The van der Waals surface area contributed by atoms with Gasteiger partial charge >= 0.3 is 0 Å². The summed E-state index contributed by atoms with van der Waals surface area (Å²) in [5.74, 6) is 0.351. The third-order valence-electron chi connectivity index (χ3n) is 5.02. The standard InChI is InChI=1S/C21H25ClN2O4S/c1-13(2)20(25)24-12-21(3,4)16-11-15(7-8-18(16)24)29(26,27)23-14-6-9-19(28-5)17(22)10-14/h6-11,13,23H,12H2,1-5H3. The largest absolute Gasteiger partial charge is 0.495 e.